The Kier molecular flexibility index (Phi) is 4.97. The molecule has 1 aliphatic rings. The third kappa shape index (κ3) is 4.75. The monoisotopic (exact) mass is 363 g/mol. The van der Waals surface area contributed by atoms with Crippen molar-refractivity contribution < 1.29 is 33.7 Å². The van der Waals surface area contributed by atoms with Crippen molar-refractivity contribution in [1.82, 2.24) is 0 Å². The molecule has 0 amide bonds. The van der Waals surface area contributed by atoms with Gasteiger partial charge in [0.2, 0.25) is 0 Å². The lowest BCUT2D eigenvalue weighted by molar-refractivity contribution is -0.222. The van der Waals surface area contributed by atoms with Gasteiger partial charge in [0.25, 0.3) is 5.79 Å². The lowest BCUT2D eigenvalue weighted by Gasteiger charge is -2.29. The van der Waals surface area contributed by atoms with E-state index in [-0.39, 0.29) is 22.6 Å². The maximum atomic E-state index is 12.0. The van der Waals surface area contributed by atoms with E-state index < -0.39 is 29.3 Å². The van der Waals surface area contributed by atoms with E-state index in [1.165, 1.54) is 32.0 Å². The van der Waals surface area contributed by atoms with Crippen LogP contribution in [0, 0.1) is 0 Å². The Hall–Kier alpha value is -3.03. The van der Waals surface area contributed by atoms with Gasteiger partial charge in [-0.15, -0.1) is 0 Å². The summed E-state index contributed by atoms with van der Waals surface area (Å²) in [6.07, 6.45) is 1.07. The van der Waals surface area contributed by atoms with Crippen LogP contribution in [-0.4, -0.2) is 34.4 Å². The fourth-order valence-electron chi connectivity index (χ4n) is 2.05. The Labute approximate surface area is 150 Å². The molecule has 0 radical (unpaired) electrons. The summed E-state index contributed by atoms with van der Waals surface area (Å²) >= 11 is 0. The fraction of sp³-hybridized carbons (Fsp3) is 0.389. The van der Waals surface area contributed by atoms with E-state index in [1.54, 1.807) is 20.8 Å². The molecule has 2 N–H and O–H groups in total. The molecule has 0 unspecified atom stereocenters. The smallest absolute Gasteiger partial charge is 0.350 e. The predicted molar refractivity (Wildman–Crippen MR) is 91.2 cm³/mol. The molecular formula is C18H21NO7. The van der Waals surface area contributed by atoms with Gasteiger partial charge in [0, 0.05) is 20.0 Å². The van der Waals surface area contributed by atoms with E-state index in [2.05, 4.69) is 5.32 Å². The van der Waals surface area contributed by atoms with Gasteiger partial charge >= 0.3 is 17.9 Å². The molecule has 1 aromatic carbocycles. The quantitative estimate of drug-likeness (QED) is 0.365. The first-order chi connectivity index (χ1) is 11.9. The van der Waals surface area contributed by atoms with Gasteiger partial charge < -0.3 is 24.6 Å². The first-order valence-electron chi connectivity index (χ1n) is 7.88. The standard InChI is InChI=1S/C18H21NO7/c1-17(2,3)24-14(21)10-6-7-12(13(20)8-10)19-9-11-15(22)25-18(4,5)26-16(11)23/h6-9,19-20H,1-5H3. The lowest BCUT2D eigenvalue weighted by Crippen LogP contribution is -2.42. The summed E-state index contributed by atoms with van der Waals surface area (Å²) in [6, 6.07) is 4.07. The number of rotatable bonds is 3. The highest BCUT2D eigenvalue weighted by molar-refractivity contribution is 6.15. The number of carbonyl (C=O) groups is 3. The number of ether oxygens (including phenoxy) is 3. The van der Waals surface area contributed by atoms with Crippen LogP contribution in [0.15, 0.2) is 30.0 Å². The Bertz CT molecular complexity index is 765. The second kappa shape index (κ2) is 6.70. The molecule has 140 valence electrons. The summed E-state index contributed by atoms with van der Waals surface area (Å²) in [4.78, 5) is 35.7. The van der Waals surface area contributed by atoms with Crippen molar-refractivity contribution in [2.75, 3.05) is 5.32 Å². The number of phenolic OH excluding ortho intramolecular Hbond substituents is 1. The van der Waals surface area contributed by atoms with Gasteiger partial charge in [-0.3, -0.25) is 0 Å². The zero-order chi connectivity index (χ0) is 19.7. The molecule has 1 heterocycles. The summed E-state index contributed by atoms with van der Waals surface area (Å²) in [5.41, 5.74) is -0.673. The average Bonchev–Trinajstić information content (AvgIpc) is 2.44. The summed E-state index contributed by atoms with van der Waals surface area (Å²) in [5, 5.41) is 12.7. The van der Waals surface area contributed by atoms with E-state index >= 15 is 0 Å². The van der Waals surface area contributed by atoms with Gasteiger partial charge in [-0.25, -0.2) is 14.4 Å². The SMILES string of the molecule is CC(C)(C)OC(=O)c1ccc(NC=C2C(=O)OC(C)(C)OC2=O)c(O)c1. The first-order valence-corrected chi connectivity index (χ1v) is 7.88. The van der Waals surface area contributed by atoms with E-state index in [0.29, 0.717) is 0 Å². The second-order valence-electron chi connectivity index (χ2n) is 7.12. The van der Waals surface area contributed by atoms with Crippen LogP contribution >= 0.6 is 0 Å². The van der Waals surface area contributed by atoms with E-state index in [0.717, 1.165) is 6.20 Å². The normalized spacial score (nSPS) is 16.4. The summed E-state index contributed by atoms with van der Waals surface area (Å²) < 4.78 is 15.1. The van der Waals surface area contributed by atoms with Crippen LogP contribution < -0.4 is 5.32 Å². The maximum absolute atomic E-state index is 12.0. The Morgan fingerprint density at radius 2 is 1.77 bits per heavy atom. The Morgan fingerprint density at radius 1 is 1.19 bits per heavy atom. The molecule has 26 heavy (non-hydrogen) atoms. The van der Waals surface area contributed by atoms with Crippen molar-refractivity contribution in [2.24, 2.45) is 0 Å². The van der Waals surface area contributed by atoms with Gasteiger partial charge in [0.1, 0.15) is 11.4 Å². The third-order valence-electron chi connectivity index (χ3n) is 3.12. The average molecular weight is 363 g/mol. The second-order valence-corrected chi connectivity index (χ2v) is 7.12. The van der Waals surface area contributed by atoms with Crippen LogP contribution in [-0.2, 0) is 23.8 Å². The van der Waals surface area contributed by atoms with Crippen molar-refractivity contribution in [2.45, 2.75) is 46.0 Å². The molecule has 1 fully saturated rings. The van der Waals surface area contributed by atoms with Gasteiger partial charge in [-0.2, -0.15) is 0 Å². The fourth-order valence-corrected chi connectivity index (χ4v) is 2.05. The minimum Gasteiger partial charge on any atom is -0.506 e. The third-order valence-corrected chi connectivity index (χ3v) is 3.12. The number of aromatic hydroxyl groups is 1. The molecule has 2 rings (SSSR count). The number of nitrogens with one attached hydrogen (secondary N) is 1. The highest BCUT2D eigenvalue weighted by atomic mass is 16.7. The molecule has 8 heteroatoms. The molecule has 8 nitrogen and oxygen atoms in total. The van der Waals surface area contributed by atoms with Gasteiger partial charge in [-0.1, -0.05) is 0 Å². The summed E-state index contributed by atoms with van der Waals surface area (Å²) in [6.45, 7) is 8.08. The Morgan fingerprint density at radius 3 is 2.27 bits per heavy atom. The Balaban J connectivity index is 2.15. The van der Waals surface area contributed by atoms with Crippen molar-refractivity contribution >= 4 is 23.6 Å². The number of anilines is 1. The number of hydrogen-bond donors (Lipinski definition) is 2. The maximum Gasteiger partial charge on any atom is 0.350 e. The number of carbonyl (C=O) groups excluding carboxylic acids is 3. The minimum absolute atomic E-state index is 0.161. The number of benzene rings is 1. The number of phenols is 1. The van der Waals surface area contributed by atoms with Gasteiger partial charge in [0.05, 0.1) is 11.3 Å². The molecule has 1 aliphatic heterocycles. The largest absolute Gasteiger partial charge is 0.506 e. The predicted octanol–water partition coefficient (Wildman–Crippen LogP) is 2.48. The minimum atomic E-state index is -1.33. The molecule has 0 atom stereocenters. The first kappa shape index (κ1) is 19.3. The number of esters is 3. The highest BCUT2D eigenvalue weighted by Gasteiger charge is 2.39. The molecule has 0 aromatic heterocycles. The van der Waals surface area contributed by atoms with Crippen LogP contribution in [0.25, 0.3) is 0 Å². The van der Waals surface area contributed by atoms with E-state index in [9.17, 15) is 19.5 Å². The van der Waals surface area contributed by atoms with Crippen molar-refractivity contribution in [3.05, 3.63) is 35.5 Å². The molecule has 0 saturated carbocycles. The lowest BCUT2D eigenvalue weighted by atomic mass is 10.1. The van der Waals surface area contributed by atoms with Crippen LogP contribution in [0.5, 0.6) is 5.75 Å². The van der Waals surface area contributed by atoms with Crippen molar-refractivity contribution in [3.8, 4) is 5.75 Å². The molecule has 0 aliphatic carbocycles. The van der Waals surface area contributed by atoms with E-state index in [4.69, 9.17) is 14.2 Å². The zero-order valence-electron chi connectivity index (χ0n) is 15.2. The van der Waals surface area contributed by atoms with Crippen molar-refractivity contribution in [1.29, 1.82) is 0 Å². The number of cyclic esters (lactones) is 2. The summed E-state index contributed by atoms with van der Waals surface area (Å²) in [7, 11) is 0. The van der Waals surface area contributed by atoms with Crippen LogP contribution in [0.1, 0.15) is 45.0 Å². The topological polar surface area (TPSA) is 111 Å². The van der Waals surface area contributed by atoms with Crippen LogP contribution in [0.4, 0.5) is 5.69 Å². The van der Waals surface area contributed by atoms with Gasteiger partial charge in [0.15, 0.2) is 5.57 Å². The molecule has 1 aromatic rings. The molecular weight excluding hydrogens is 342 g/mol. The zero-order valence-corrected chi connectivity index (χ0v) is 15.2. The molecule has 1 saturated heterocycles. The molecule has 0 spiro atoms. The van der Waals surface area contributed by atoms with E-state index in [1.807, 2.05) is 0 Å². The number of hydrogen-bond acceptors (Lipinski definition) is 8. The van der Waals surface area contributed by atoms with Gasteiger partial charge in [-0.05, 0) is 39.0 Å². The highest BCUT2D eigenvalue weighted by Crippen LogP contribution is 2.27. The van der Waals surface area contributed by atoms with Crippen LogP contribution in [0.2, 0.25) is 0 Å². The summed E-state index contributed by atoms with van der Waals surface area (Å²) in [5.74, 6) is -3.86. The van der Waals surface area contributed by atoms with Crippen LogP contribution in [0.3, 0.4) is 0 Å². The molecule has 0 bridgehead atoms. The van der Waals surface area contributed by atoms with Crippen molar-refractivity contribution in [3.63, 3.8) is 0 Å².